The molecule has 140 valence electrons. The van der Waals surface area contributed by atoms with Crippen LogP contribution < -0.4 is 9.47 Å². The SMILES string of the molecule is CCN(CC)C(=O)Oc1ccc2c(c1)OC(=Cc1c(Cl)cccc1Cl)C2=O. The predicted octanol–water partition coefficient (Wildman–Crippen LogP) is 5.45. The number of benzene rings is 2. The van der Waals surface area contributed by atoms with E-state index in [4.69, 9.17) is 32.7 Å². The van der Waals surface area contributed by atoms with Crippen molar-refractivity contribution in [2.45, 2.75) is 13.8 Å². The third kappa shape index (κ3) is 3.94. The van der Waals surface area contributed by atoms with E-state index in [1.807, 2.05) is 13.8 Å². The van der Waals surface area contributed by atoms with E-state index in [0.29, 0.717) is 45.8 Å². The lowest BCUT2D eigenvalue weighted by Crippen LogP contribution is -2.33. The number of amides is 1. The summed E-state index contributed by atoms with van der Waals surface area (Å²) in [6.07, 6.45) is 1.05. The summed E-state index contributed by atoms with van der Waals surface area (Å²) in [6.45, 7) is 4.82. The summed E-state index contributed by atoms with van der Waals surface area (Å²) in [7, 11) is 0. The van der Waals surface area contributed by atoms with Gasteiger partial charge in [-0.2, -0.15) is 0 Å². The molecule has 0 saturated carbocycles. The van der Waals surface area contributed by atoms with E-state index in [9.17, 15) is 9.59 Å². The number of Topliss-reactive ketones (excluding diaryl/α,β-unsaturated/α-hetero) is 1. The van der Waals surface area contributed by atoms with Gasteiger partial charge in [0.25, 0.3) is 0 Å². The first-order valence-corrected chi connectivity index (χ1v) is 9.19. The second-order valence-corrected chi connectivity index (χ2v) is 6.59. The molecule has 5 nitrogen and oxygen atoms in total. The number of carbonyl (C=O) groups is 2. The Morgan fingerprint density at radius 3 is 2.44 bits per heavy atom. The fourth-order valence-corrected chi connectivity index (χ4v) is 3.16. The Bertz CT molecular complexity index is 915. The predicted molar refractivity (Wildman–Crippen MR) is 105 cm³/mol. The van der Waals surface area contributed by atoms with Gasteiger partial charge in [-0.15, -0.1) is 0 Å². The number of hydrogen-bond acceptors (Lipinski definition) is 4. The molecule has 3 rings (SSSR count). The van der Waals surface area contributed by atoms with Crippen LogP contribution in [0.5, 0.6) is 11.5 Å². The summed E-state index contributed by atoms with van der Waals surface area (Å²) < 4.78 is 11.0. The lowest BCUT2D eigenvalue weighted by Gasteiger charge is -2.17. The zero-order valence-electron chi connectivity index (χ0n) is 14.8. The monoisotopic (exact) mass is 405 g/mol. The highest BCUT2D eigenvalue weighted by Crippen LogP contribution is 2.36. The van der Waals surface area contributed by atoms with Gasteiger partial charge in [-0.05, 0) is 44.2 Å². The van der Waals surface area contributed by atoms with Gasteiger partial charge in [0.1, 0.15) is 11.5 Å². The van der Waals surface area contributed by atoms with Crippen LogP contribution in [0.15, 0.2) is 42.2 Å². The highest BCUT2D eigenvalue weighted by molar-refractivity contribution is 6.37. The van der Waals surface area contributed by atoms with Gasteiger partial charge in [0.15, 0.2) is 5.76 Å². The number of hydrogen-bond donors (Lipinski definition) is 0. The maximum atomic E-state index is 12.6. The molecule has 0 unspecified atom stereocenters. The largest absolute Gasteiger partial charge is 0.452 e. The van der Waals surface area contributed by atoms with Crippen molar-refractivity contribution >= 4 is 41.2 Å². The minimum absolute atomic E-state index is 0.104. The normalized spacial score (nSPS) is 14.1. The average molecular weight is 406 g/mol. The van der Waals surface area contributed by atoms with Crippen LogP contribution in [0, 0.1) is 0 Å². The first-order chi connectivity index (χ1) is 12.9. The molecule has 2 aromatic carbocycles. The van der Waals surface area contributed by atoms with Crippen molar-refractivity contribution in [3.63, 3.8) is 0 Å². The lowest BCUT2D eigenvalue weighted by molar-refractivity contribution is 0.101. The molecule has 1 heterocycles. The smallest absolute Gasteiger partial charge is 0.415 e. The van der Waals surface area contributed by atoms with Gasteiger partial charge >= 0.3 is 6.09 Å². The maximum Gasteiger partial charge on any atom is 0.415 e. The summed E-state index contributed by atoms with van der Waals surface area (Å²) in [6, 6.07) is 9.72. The van der Waals surface area contributed by atoms with Gasteiger partial charge in [-0.1, -0.05) is 29.3 Å². The van der Waals surface area contributed by atoms with Crippen LogP contribution in [0.4, 0.5) is 4.79 Å². The van der Waals surface area contributed by atoms with Crippen LogP contribution in [0.25, 0.3) is 6.08 Å². The minimum Gasteiger partial charge on any atom is -0.452 e. The summed E-state index contributed by atoms with van der Waals surface area (Å²) in [5.74, 6) is 0.435. The molecule has 1 aliphatic rings. The number of carbonyl (C=O) groups excluding carboxylic acids is 2. The molecular weight excluding hydrogens is 389 g/mol. The quantitative estimate of drug-likeness (QED) is 0.634. The molecule has 0 fully saturated rings. The summed E-state index contributed by atoms with van der Waals surface area (Å²) in [4.78, 5) is 26.2. The topological polar surface area (TPSA) is 55.8 Å². The number of fused-ring (bicyclic) bond motifs is 1. The number of nitrogens with zero attached hydrogens (tertiary/aromatic N) is 1. The third-order valence-corrected chi connectivity index (χ3v) is 4.80. The first-order valence-electron chi connectivity index (χ1n) is 8.43. The molecule has 1 amide bonds. The molecule has 27 heavy (non-hydrogen) atoms. The number of halogens is 2. The lowest BCUT2D eigenvalue weighted by atomic mass is 10.1. The van der Waals surface area contributed by atoms with E-state index in [0.717, 1.165) is 0 Å². The molecule has 0 atom stereocenters. The van der Waals surface area contributed by atoms with Crippen LogP contribution >= 0.6 is 23.2 Å². The van der Waals surface area contributed by atoms with E-state index in [2.05, 4.69) is 0 Å². The third-order valence-electron chi connectivity index (χ3n) is 4.14. The van der Waals surface area contributed by atoms with E-state index in [1.54, 1.807) is 35.2 Å². The van der Waals surface area contributed by atoms with Gasteiger partial charge < -0.3 is 14.4 Å². The Morgan fingerprint density at radius 2 is 1.81 bits per heavy atom. The molecule has 7 heteroatoms. The van der Waals surface area contributed by atoms with Crippen molar-refractivity contribution in [3.05, 3.63) is 63.3 Å². The molecule has 0 bridgehead atoms. The Labute approximate surface area is 167 Å². The zero-order valence-corrected chi connectivity index (χ0v) is 16.3. The molecule has 1 aliphatic heterocycles. The highest BCUT2D eigenvalue weighted by Gasteiger charge is 2.28. The van der Waals surface area contributed by atoms with Crippen molar-refractivity contribution in [3.8, 4) is 11.5 Å². The summed E-state index contributed by atoms with van der Waals surface area (Å²) in [5.41, 5.74) is 0.886. The standard InChI is InChI=1S/C20H17Cl2NO4/c1-3-23(4-2)20(25)26-12-8-9-13-17(10-12)27-18(19(13)24)11-14-15(21)6-5-7-16(14)22/h5-11H,3-4H2,1-2H3. The van der Waals surface area contributed by atoms with Crippen molar-refractivity contribution in [2.75, 3.05) is 13.1 Å². The average Bonchev–Trinajstić information content (AvgIpc) is 2.94. The fraction of sp³-hybridized carbons (Fsp3) is 0.200. The van der Waals surface area contributed by atoms with E-state index in [-0.39, 0.29) is 11.5 Å². The van der Waals surface area contributed by atoms with Gasteiger partial charge in [0.05, 0.1) is 5.56 Å². The molecule has 0 N–H and O–H groups in total. The van der Waals surface area contributed by atoms with Crippen LogP contribution in [-0.2, 0) is 0 Å². The molecule has 0 aliphatic carbocycles. The molecular formula is C20H17Cl2NO4. The number of ketones is 1. The van der Waals surface area contributed by atoms with E-state index in [1.165, 1.54) is 12.1 Å². The minimum atomic E-state index is -0.456. The Balaban J connectivity index is 1.85. The number of allylic oxidation sites excluding steroid dienone is 1. The van der Waals surface area contributed by atoms with Crippen LogP contribution in [0.3, 0.4) is 0 Å². The van der Waals surface area contributed by atoms with Gasteiger partial charge in [0, 0.05) is 34.8 Å². The Morgan fingerprint density at radius 1 is 1.15 bits per heavy atom. The first kappa shape index (κ1) is 19.3. The number of ether oxygens (including phenoxy) is 2. The van der Waals surface area contributed by atoms with Crippen LogP contribution in [-0.4, -0.2) is 29.9 Å². The number of rotatable bonds is 4. The molecule has 2 aromatic rings. The zero-order chi connectivity index (χ0) is 19.6. The second kappa shape index (κ2) is 8.03. The Hall–Kier alpha value is -2.50. The second-order valence-electron chi connectivity index (χ2n) is 5.77. The molecule has 0 aromatic heterocycles. The fourth-order valence-electron chi connectivity index (χ4n) is 2.66. The summed E-state index contributed by atoms with van der Waals surface area (Å²) >= 11 is 12.3. The maximum absolute atomic E-state index is 12.6. The van der Waals surface area contributed by atoms with Crippen molar-refractivity contribution in [1.82, 2.24) is 4.90 Å². The van der Waals surface area contributed by atoms with Crippen molar-refractivity contribution < 1.29 is 19.1 Å². The van der Waals surface area contributed by atoms with Gasteiger partial charge in [-0.3, -0.25) is 4.79 Å². The van der Waals surface area contributed by atoms with Crippen LogP contribution in [0.1, 0.15) is 29.8 Å². The molecule has 0 saturated heterocycles. The molecule has 0 radical (unpaired) electrons. The summed E-state index contributed by atoms with van der Waals surface area (Å²) in [5, 5.41) is 0.826. The Kier molecular flexibility index (Phi) is 5.73. The van der Waals surface area contributed by atoms with Crippen molar-refractivity contribution in [1.29, 1.82) is 0 Å². The van der Waals surface area contributed by atoms with Crippen LogP contribution in [0.2, 0.25) is 10.0 Å². The molecule has 0 spiro atoms. The van der Waals surface area contributed by atoms with Crippen molar-refractivity contribution in [2.24, 2.45) is 0 Å². The highest BCUT2D eigenvalue weighted by atomic mass is 35.5. The van der Waals surface area contributed by atoms with Gasteiger partial charge in [-0.25, -0.2) is 4.79 Å². The van der Waals surface area contributed by atoms with E-state index < -0.39 is 6.09 Å². The van der Waals surface area contributed by atoms with Gasteiger partial charge in [0.2, 0.25) is 5.78 Å². The van der Waals surface area contributed by atoms with E-state index >= 15 is 0 Å².